The molecule has 0 atom stereocenters. The number of aromatic nitrogens is 1. The number of H-pyrrole nitrogens is 1. The van der Waals surface area contributed by atoms with Crippen molar-refractivity contribution in [2.45, 2.75) is 6.92 Å². The Balaban J connectivity index is 2.90. The minimum absolute atomic E-state index is 0.130. The zero-order valence-electron chi connectivity index (χ0n) is 10.7. The van der Waals surface area contributed by atoms with E-state index in [1.54, 1.807) is 14.0 Å². The predicted molar refractivity (Wildman–Crippen MR) is 68.6 cm³/mol. The quantitative estimate of drug-likeness (QED) is 0.730. The molecule has 100 valence electrons. The normalized spacial score (nSPS) is 10.4. The molecule has 0 fully saturated rings. The van der Waals surface area contributed by atoms with Crippen LogP contribution in [0.3, 0.4) is 0 Å². The van der Waals surface area contributed by atoms with Gasteiger partial charge in [-0.2, -0.15) is 0 Å². The van der Waals surface area contributed by atoms with E-state index in [0.29, 0.717) is 26.2 Å². The van der Waals surface area contributed by atoms with Crippen LogP contribution in [-0.2, 0) is 4.74 Å². The molecule has 0 aliphatic heterocycles. The lowest BCUT2D eigenvalue weighted by Crippen LogP contribution is -2.39. The molecule has 0 aliphatic carbocycles. The Hall–Kier alpha value is -1.66. The van der Waals surface area contributed by atoms with Gasteiger partial charge in [0.25, 0.3) is 5.91 Å². The number of aromatic amines is 1. The van der Waals surface area contributed by atoms with Crippen LogP contribution in [0.1, 0.15) is 16.1 Å². The van der Waals surface area contributed by atoms with Crippen molar-refractivity contribution >= 4 is 5.91 Å². The number of methoxy groups -OCH3 is 1. The highest BCUT2D eigenvalue weighted by atomic mass is 16.5. The van der Waals surface area contributed by atoms with E-state index in [-0.39, 0.29) is 16.9 Å². The molecule has 0 unspecified atom stereocenters. The molecule has 1 aromatic rings. The van der Waals surface area contributed by atoms with Crippen LogP contribution < -0.4 is 11.2 Å². The summed E-state index contributed by atoms with van der Waals surface area (Å²) in [6.45, 7) is 3.34. The first-order valence-electron chi connectivity index (χ1n) is 5.77. The average Bonchev–Trinajstić information content (AvgIpc) is 2.33. The van der Waals surface area contributed by atoms with Crippen molar-refractivity contribution < 1.29 is 9.53 Å². The summed E-state index contributed by atoms with van der Waals surface area (Å²) in [5.74, 6) is -0.321. The van der Waals surface area contributed by atoms with Gasteiger partial charge in [0.1, 0.15) is 5.56 Å². The van der Waals surface area contributed by atoms with Gasteiger partial charge in [0.15, 0.2) is 5.43 Å². The van der Waals surface area contributed by atoms with E-state index in [1.807, 2.05) is 0 Å². The van der Waals surface area contributed by atoms with Crippen molar-refractivity contribution in [3.63, 3.8) is 0 Å². The highest BCUT2D eigenvalue weighted by molar-refractivity contribution is 5.93. The second-order valence-corrected chi connectivity index (χ2v) is 3.97. The molecule has 1 amide bonds. The SMILES string of the molecule is COCCN(CCN)C(=O)c1c[nH]c(C)cc1=O. The van der Waals surface area contributed by atoms with E-state index in [2.05, 4.69) is 4.98 Å². The second kappa shape index (κ2) is 6.93. The first-order valence-corrected chi connectivity index (χ1v) is 5.77. The molecule has 1 rings (SSSR count). The van der Waals surface area contributed by atoms with E-state index in [1.165, 1.54) is 17.2 Å². The van der Waals surface area contributed by atoms with Gasteiger partial charge in [-0.15, -0.1) is 0 Å². The standard InChI is InChI=1S/C12H19N3O3/c1-9-7-11(16)10(8-14-9)12(17)15(4-3-13)5-6-18-2/h7-8H,3-6,13H2,1-2H3,(H,14,16). The zero-order chi connectivity index (χ0) is 13.5. The third-order valence-electron chi connectivity index (χ3n) is 2.54. The van der Waals surface area contributed by atoms with E-state index < -0.39 is 0 Å². The van der Waals surface area contributed by atoms with E-state index >= 15 is 0 Å². The van der Waals surface area contributed by atoms with Gasteiger partial charge in [-0.05, 0) is 6.92 Å². The van der Waals surface area contributed by atoms with Crippen LogP contribution in [0.2, 0.25) is 0 Å². The Morgan fingerprint density at radius 2 is 2.22 bits per heavy atom. The molecule has 18 heavy (non-hydrogen) atoms. The van der Waals surface area contributed by atoms with Gasteiger partial charge in [-0.1, -0.05) is 0 Å². The van der Waals surface area contributed by atoms with Crippen molar-refractivity contribution in [2.24, 2.45) is 5.73 Å². The maximum atomic E-state index is 12.2. The summed E-state index contributed by atoms with van der Waals surface area (Å²) in [5.41, 5.74) is 6.03. The fourth-order valence-corrected chi connectivity index (χ4v) is 1.58. The summed E-state index contributed by atoms with van der Waals surface area (Å²) in [7, 11) is 1.56. The molecule has 0 aromatic carbocycles. The Labute approximate surface area is 106 Å². The molecule has 6 heteroatoms. The number of nitrogens with zero attached hydrogens (tertiary/aromatic N) is 1. The van der Waals surface area contributed by atoms with E-state index in [0.717, 1.165) is 5.69 Å². The van der Waals surface area contributed by atoms with Crippen molar-refractivity contribution in [1.82, 2.24) is 9.88 Å². The number of ether oxygens (including phenoxy) is 1. The lowest BCUT2D eigenvalue weighted by Gasteiger charge is -2.21. The van der Waals surface area contributed by atoms with Gasteiger partial charge in [0.05, 0.1) is 6.61 Å². The molecule has 0 saturated heterocycles. The van der Waals surface area contributed by atoms with Gasteiger partial charge < -0.3 is 20.4 Å². The summed E-state index contributed by atoms with van der Waals surface area (Å²) in [6.07, 6.45) is 1.44. The fourth-order valence-electron chi connectivity index (χ4n) is 1.58. The van der Waals surface area contributed by atoms with Crippen molar-refractivity contribution in [1.29, 1.82) is 0 Å². The maximum Gasteiger partial charge on any atom is 0.259 e. The summed E-state index contributed by atoms with van der Waals surface area (Å²) < 4.78 is 4.93. The van der Waals surface area contributed by atoms with E-state index in [9.17, 15) is 9.59 Å². The number of pyridine rings is 1. The fraction of sp³-hybridized carbons (Fsp3) is 0.500. The molecular formula is C12H19N3O3. The van der Waals surface area contributed by atoms with Gasteiger partial charge in [-0.3, -0.25) is 9.59 Å². The van der Waals surface area contributed by atoms with Crippen LogP contribution in [0.15, 0.2) is 17.1 Å². The third-order valence-corrected chi connectivity index (χ3v) is 2.54. The zero-order valence-corrected chi connectivity index (χ0v) is 10.7. The Kier molecular flexibility index (Phi) is 5.54. The molecule has 0 aliphatic rings. The first kappa shape index (κ1) is 14.4. The predicted octanol–water partition coefficient (Wildman–Crippen LogP) is -0.269. The van der Waals surface area contributed by atoms with E-state index in [4.69, 9.17) is 10.5 Å². The molecule has 0 radical (unpaired) electrons. The molecule has 0 saturated carbocycles. The molecule has 6 nitrogen and oxygen atoms in total. The topological polar surface area (TPSA) is 88.4 Å². The molecule has 3 N–H and O–H groups in total. The van der Waals surface area contributed by atoms with Gasteiger partial charge in [-0.25, -0.2) is 0 Å². The number of nitrogens with one attached hydrogen (secondary N) is 1. The molecule has 0 bridgehead atoms. The van der Waals surface area contributed by atoms with Gasteiger partial charge >= 0.3 is 0 Å². The first-order chi connectivity index (χ1) is 8.60. The highest BCUT2D eigenvalue weighted by Gasteiger charge is 2.17. The number of hydrogen-bond donors (Lipinski definition) is 2. The number of aryl methyl sites for hydroxylation is 1. The average molecular weight is 253 g/mol. The number of nitrogens with two attached hydrogens (primary N) is 1. The monoisotopic (exact) mass is 253 g/mol. The number of amides is 1. The van der Waals surface area contributed by atoms with Gasteiger partial charge in [0, 0.05) is 44.7 Å². The van der Waals surface area contributed by atoms with Crippen LogP contribution in [0.4, 0.5) is 0 Å². The number of hydrogen-bond acceptors (Lipinski definition) is 4. The summed E-state index contributed by atoms with van der Waals surface area (Å²) in [5, 5.41) is 0. The molecule has 1 aromatic heterocycles. The Bertz CT molecular complexity index is 456. The van der Waals surface area contributed by atoms with Crippen LogP contribution >= 0.6 is 0 Å². The summed E-state index contributed by atoms with van der Waals surface area (Å²) in [6, 6.07) is 1.41. The molecule has 0 spiro atoms. The van der Waals surface area contributed by atoms with Crippen LogP contribution in [-0.4, -0.2) is 49.1 Å². The largest absolute Gasteiger partial charge is 0.383 e. The Morgan fingerprint density at radius 3 is 2.78 bits per heavy atom. The van der Waals surface area contributed by atoms with Crippen LogP contribution in [0.25, 0.3) is 0 Å². The lowest BCUT2D eigenvalue weighted by molar-refractivity contribution is 0.0700. The number of rotatable bonds is 6. The minimum atomic E-state index is -0.321. The highest BCUT2D eigenvalue weighted by Crippen LogP contribution is 2.00. The number of carbonyl (C=O) groups is 1. The Morgan fingerprint density at radius 1 is 1.50 bits per heavy atom. The summed E-state index contributed by atoms with van der Waals surface area (Å²) >= 11 is 0. The van der Waals surface area contributed by atoms with Crippen LogP contribution in [0, 0.1) is 6.92 Å². The lowest BCUT2D eigenvalue weighted by atomic mass is 10.2. The van der Waals surface area contributed by atoms with Crippen molar-refractivity contribution in [3.8, 4) is 0 Å². The molecule has 1 heterocycles. The minimum Gasteiger partial charge on any atom is -0.383 e. The smallest absolute Gasteiger partial charge is 0.259 e. The van der Waals surface area contributed by atoms with Crippen LogP contribution in [0.5, 0.6) is 0 Å². The number of carbonyl (C=O) groups excluding carboxylic acids is 1. The van der Waals surface area contributed by atoms with Crippen molar-refractivity contribution in [2.75, 3.05) is 33.4 Å². The summed E-state index contributed by atoms with van der Waals surface area (Å²) in [4.78, 5) is 28.3. The third kappa shape index (κ3) is 3.68. The maximum absolute atomic E-state index is 12.2. The second-order valence-electron chi connectivity index (χ2n) is 3.97. The van der Waals surface area contributed by atoms with Gasteiger partial charge in [0.2, 0.25) is 0 Å². The molecular weight excluding hydrogens is 234 g/mol. The van der Waals surface area contributed by atoms with Crippen molar-refractivity contribution in [3.05, 3.63) is 33.7 Å².